The largest absolute Gasteiger partial charge is 0.349 e. The molecule has 1 amide bonds. The van der Waals surface area contributed by atoms with Gasteiger partial charge in [0.05, 0.1) is 10.5 Å². The molecule has 0 radical (unpaired) electrons. The number of nitrogens with one attached hydrogen (secondary N) is 2. The Labute approximate surface area is 180 Å². The van der Waals surface area contributed by atoms with Crippen molar-refractivity contribution in [2.75, 3.05) is 0 Å². The van der Waals surface area contributed by atoms with Gasteiger partial charge in [0, 0.05) is 16.6 Å². The molecule has 2 aromatic rings. The third kappa shape index (κ3) is 5.08. The highest BCUT2D eigenvalue weighted by molar-refractivity contribution is 9.10. The number of hydrogen-bond donors (Lipinski definition) is 2. The average Bonchev–Trinajstić information content (AvgIpc) is 3.52. The Morgan fingerprint density at radius 3 is 2.21 bits per heavy atom. The maximum atomic E-state index is 12.8. The Balaban J connectivity index is 1.40. The first-order valence-corrected chi connectivity index (χ1v) is 12.4. The van der Waals surface area contributed by atoms with E-state index < -0.39 is 10.0 Å². The Kier molecular flexibility index (Phi) is 6.08. The fourth-order valence-electron chi connectivity index (χ4n) is 3.89. The van der Waals surface area contributed by atoms with Crippen LogP contribution in [-0.2, 0) is 10.0 Å². The van der Waals surface area contributed by atoms with Crippen LogP contribution in [0.4, 0.5) is 0 Å². The van der Waals surface area contributed by atoms with Crippen molar-refractivity contribution in [1.82, 2.24) is 10.0 Å². The standard InChI is InChI=1S/C22H25BrN2O3S/c23-21-13-12-19(29(27,28)25-18-10-11-18)14-20(21)22(26)24-17-8-6-16(7-9-17)15-4-2-1-3-5-15/h1-5,12-14,16-18,25H,6-11H2,(H,24,26). The summed E-state index contributed by atoms with van der Waals surface area (Å²) in [6.07, 6.45) is 5.66. The molecule has 0 saturated heterocycles. The minimum absolute atomic E-state index is 0.0284. The van der Waals surface area contributed by atoms with Gasteiger partial charge in [0.2, 0.25) is 10.0 Å². The summed E-state index contributed by atoms with van der Waals surface area (Å²) in [5.74, 6) is 0.307. The van der Waals surface area contributed by atoms with Crippen molar-refractivity contribution in [3.05, 3.63) is 64.1 Å². The minimum atomic E-state index is -3.59. The molecule has 5 nitrogen and oxygen atoms in total. The second kappa shape index (κ2) is 8.58. The molecule has 0 aromatic heterocycles. The van der Waals surface area contributed by atoms with Crippen molar-refractivity contribution in [2.45, 2.75) is 61.4 Å². The van der Waals surface area contributed by atoms with E-state index >= 15 is 0 Å². The summed E-state index contributed by atoms with van der Waals surface area (Å²) < 4.78 is 28.2. The first-order valence-electron chi connectivity index (χ1n) is 10.1. The number of carbonyl (C=O) groups is 1. The molecule has 0 spiro atoms. The smallest absolute Gasteiger partial charge is 0.252 e. The van der Waals surface area contributed by atoms with Crippen LogP contribution in [0.3, 0.4) is 0 Å². The van der Waals surface area contributed by atoms with Gasteiger partial charge in [-0.1, -0.05) is 30.3 Å². The number of hydrogen-bond acceptors (Lipinski definition) is 3. The second-order valence-corrected chi connectivity index (χ2v) is 10.5. The average molecular weight is 477 g/mol. The van der Waals surface area contributed by atoms with E-state index in [1.165, 1.54) is 17.7 Å². The van der Waals surface area contributed by atoms with E-state index in [1.54, 1.807) is 6.07 Å². The SMILES string of the molecule is O=C(NC1CCC(c2ccccc2)CC1)c1cc(S(=O)(=O)NC2CC2)ccc1Br. The summed E-state index contributed by atoms with van der Waals surface area (Å²) in [6.45, 7) is 0. The van der Waals surface area contributed by atoms with Gasteiger partial charge in [-0.3, -0.25) is 4.79 Å². The first kappa shape index (κ1) is 20.6. The summed E-state index contributed by atoms with van der Waals surface area (Å²) in [4.78, 5) is 13.0. The molecule has 0 unspecified atom stereocenters. The van der Waals surface area contributed by atoms with E-state index in [9.17, 15) is 13.2 Å². The van der Waals surface area contributed by atoms with Gasteiger partial charge in [0.25, 0.3) is 5.91 Å². The predicted molar refractivity (Wildman–Crippen MR) is 116 cm³/mol. The van der Waals surface area contributed by atoms with E-state index in [-0.39, 0.29) is 22.9 Å². The highest BCUT2D eigenvalue weighted by Crippen LogP contribution is 2.33. The maximum absolute atomic E-state index is 12.8. The number of halogens is 1. The van der Waals surface area contributed by atoms with Crippen molar-refractivity contribution in [2.24, 2.45) is 0 Å². The van der Waals surface area contributed by atoms with Crippen molar-refractivity contribution >= 4 is 31.9 Å². The van der Waals surface area contributed by atoms with E-state index in [0.29, 0.717) is 16.0 Å². The van der Waals surface area contributed by atoms with E-state index in [1.807, 2.05) is 6.07 Å². The zero-order valence-corrected chi connectivity index (χ0v) is 18.5. The zero-order valence-electron chi connectivity index (χ0n) is 16.1. The van der Waals surface area contributed by atoms with Crippen LogP contribution in [0.5, 0.6) is 0 Å². The molecule has 0 aliphatic heterocycles. The summed E-state index contributed by atoms with van der Waals surface area (Å²) in [6, 6.07) is 15.3. The van der Waals surface area contributed by atoms with Crippen LogP contribution in [0.1, 0.15) is 60.4 Å². The molecule has 29 heavy (non-hydrogen) atoms. The number of sulfonamides is 1. The molecule has 2 aromatic carbocycles. The zero-order chi connectivity index (χ0) is 20.4. The van der Waals surface area contributed by atoms with Crippen molar-refractivity contribution in [3.8, 4) is 0 Å². The lowest BCUT2D eigenvalue weighted by atomic mass is 9.82. The normalized spacial score (nSPS) is 22.2. The van der Waals surface area contributed by atoms with Crippen LogP contribution in [0.2, 0.25) is 0 Å². The van der Waals surface area contributed by atoms with Gasteiger partial charge < -0.3 is 5.32 Å². The fraction of sp³-hybridized carbons (Fsp3) is 0.409. The van der Waals surface area contributed by atoms with Crippen molar-refractivity contribution in [3.63, 3.8) is 0 Å². The van der Waals surface area contributed by atoms with Crippen molar-refractivity contribution < 1.29 is 13.2 Å². The first-order chi connectivity index (χ1) is 13.9. The lowest BCUT2D eigenvalue weighted by molar-refractivity contribution is 0.0925. The molecule has 0 heterocycles. The quantitative estimate of drug-likeness (QED) is 0.650. The van der Waals surface area contributed by atoms with E-state index in [4.69, 9.17) is 0 Å². The summed E-state index contributed by atoms with van der Waals surface area (Å²) in [7, 11) is -3.59. The Morgan fingerprint density at radius 1 is 0.897 bits per heavy atom. The summed E-state index contributed by atoms with van der Waals surface area (Å²) in [5, 5.41) is 3.10. The Bertz CT molecular complexity index is 982. The number of carbonyl (C=O) groups excluding carboxylic acids is 1. The Hall–Kier alpha value is -1.70. The summed E-state index contributed by atoms with van der Waals surface area (Å²) in [5.41, 5.74) is 1.72. The van der Waals surface area contributed by atoms with Crippen LogP contribution >= 0.6 is 15.9 Å². The van der Waals surface area contributed by atoms with Gasteiger partial charge in [-0.05, 0) is 84.1 Å². The topological polar surface area (TPSA) is 75.3 Å². The van der Waals surface area contributed by atoms with Crippen molar-refractivity contribution in [1.29, 1.82) is 0 Å². The van der Waals surface area contributed by atoms with E-state index in [0.717, 1.165) is 38.5 Å². The highest BCUT2D eigenvalue weighted by Gasteiger charge is 2.29. The van der Waals surface area contributed by atoms with Gasteiger partial charge in [-0.2, -0.15) is 0 Å². The van der Waals surface area contributed by atoms with Gasteiger partial charge in [-0.25, -0.2) is 13.1 Å². The van der Waals surface area contributed by atoms with Crippen LogP contribution < -0.4 is 10.0 Å². The fourth-order valence-corrected chi connectivity index (χ4v) is 5.65. The molecule has 0 bridgehead atoms. The van der Waals surface area contributed by atoms with Gasteiger partial charge in [0.15, 0.2) is 0 Å². The van der Waals surface area contributed by atoms with Crippen LogP contribution in [-0.4, -0.2) is 26.4 Å². The molecule has 154 valence electrons. The summed E-state index contributed by atoms with van der Waals surface area (Å²) >= 11 is 3.39. The molecule has 2 aliphatic carbocycles. The van der Waals surface area contributed by atoms with Crippen LogP contribution in [0.15, 0.2) is 57.9 Å². The molecule has 2 fully saturated rings. The third-order valence-corrected chi connectivity index (χ3v) is 7.93. The molecule has 2 saturated carbocycles. The number of rotatable bonds is 6. The minimum Gasteiger partial charge on any atom is -0.349 e. The van der Waals surface area contributed by atoms with Gasteiger partial charge in [-0.15, -0.1) is 0 Å². The molecule has 7 heteroatoms. The van der Waals surface area contributed by atoms with Crippen LogP contribution in [0, 0.1) is 0 Å². The second-order valence-electron chi connectivity index (χ2n) is 7.97. The lowest BCUT2D eigenvalue weighted by Gasteiger charge is -2.29. The lowest BCUT2D eigenvalue weighted by Crippen LogP contribution is -2.37. The molecule has 0 atom stereocenters. The predicted octanol–water partition coefficient (Wildman–Crippen LogP) is 4.35. The number of benzene rings is 2. The Morgan fingerprint density at radius 2 is 1.55 bits per heavy atom. The van der Waals surface area contributed by atoms with Gasteiger partial charge >= 0.3 is 0 Å². The molecule has 2 aliphatic rings. The molecule has 4 rings (SSSR count). The third-order valence-electron chi connectivity index (χ3n) is 5.73. The monoisotopic (exact) mass is 476 g/mol. The highest BCUT2D eigenvalue weighted by atomic mass is 79.9. The number of amides is 1. The van der Waals surface area contributed by atoms with E-state index in [2.05, 4.69) is 50.2 Å². The molecular weight excluding hydrogens is 452 g/mol. The maximum Gasteiger partial charge on any atom is 0.252 e. The molecule has 2 N–H and O–H groups in total. The molecular formula is C22H25BrN2O3S. The van der Waals surface area contributed by atoms with Gasteiger partial charge in [0.1, 0.15) is 0 Å². The van der Waals surface area contributed by atoms with Crippen LogP contribution in [0.25, 0.3) is 0 Å².